The molecule has 0 fully saturated rings. The van der Waals surface area contributed by atoms with Gasteiger partial charge in [-0.2, -0.15) is 0 Å². The van der Waals surface area contributed by atoms with Crippen molar-refractivity contribution in [3.8, 4) is 11.6 Å². The van der Waals surface area contributed by atoms with Gasteiger partial charge in [-0.15, -0.1) is 0 Å². The Bertz CT molecular complexity index is 1520. The quantitative estimate of drug-likeness (QED) is 0.338. The predicted octanol–water partition coefficient (Wildman–Crippen LogP) is 5.80. The number of ether oxygens (including phenoxy) is 1. The average Bonchev–Trinajstić information content (AvgIpc) is 2.80. The van der Waals surface area contributed by atoms with Crippen molar-refractivity contribution in [2.75, 3.05) is 12.4 Å². The number of aromatic nitrogens is 1. The third-order valence-electron chi connectivity index (χ3n) is 5.03. The summed E-state index contributed by atoms with van der Waals surface area (Å²) in [5.41, 5.74) is 1.52. The molecule has 0 spiro atoms. The van der Waals surface area contributed by atoms with Crippen LogP contribution < -0.4 is 14.8 Å². The van der Waals surface area contributed by atoms with Crippen LogP contribution in [0.5, 0.6) is 11.6 Å². The highest BCUT2D eigenvalue weighted by molar-refractivity contribution is 7.89. The Hall–Kier alpha value is -3.17. The molecule has 4 rings (SSSR count). The Morgan fingerprint density at radius 2 is 1.76 bits per heavy atom. The summed E-state index contributed by atoms with van der Waals surface area (Å²) in [5, 5.41) is 3.87. The second kappa shape index (κ2) is 9.60. The Morgan fingerprint density at radius 3 is 2.50 bits per heavy atom. The fourth-order valence-corrected chi connectivity index (χ4v) is 4.99. The second-order valence-electron chi connectivity index (χ2n) is 7.32. The summed E-state index contributed by atoms with van der Waals surface area (Å²) in [6.07, 6.45) is 0. The molecular weight excluding hydrogens is 497 g/mol. The number of amides is 1. The number of nitrogens with zero attached hydrogens (tertiary/aromatic N) is 1. The van der Waals surface area contributed by atoms with Crippen molar-refractivity contribution in [3.63, 3.8) is 0 Å². The van der Waals surface area contributed by atoms with Gasteiger partial charge in [0.25, 0.3) is 5.91 Å². The van der Waals surface area contributed by atoms with E-state index in [-0.39, 0.29) is 27.0 Å². The maximum atomic E-state index is 13.4. The number of halogens is 2. The molecule has 3 aromatic carbocycles. The first-order valence-electron chi connectivity index (χ1n) is 10.1. The molecule has 1 aromatic heterocycles. The Morgan fingerprint density at radius 1 is 1.00 bits per heavy atom. The zero-order valence-corrected chi connectivity index (χ0v) is 20.4. The molecule has 0 bridgehead atoms. The fourth-order valence-electron chi connectivity index (χ4n) is 3.34. The van der Waals surface area contributed by atoms with Crippen molar-refractivity contribution in [2.24, 2.45) is 0 Å². The highest BCUT2D eigenvalue weighted by Crippen LogP contribution is 2.33. The SMILES string of the molecule is CNS(=O)(=O)c1c(Cl)cccc1NC(=O)c1cc2ccccc2nc1Oc1ccc(Cl)cc1C. The highest BCUT2D eigenvalue weighted by atomic mass is 35.5. The monoisotopic (exact) mass is 515 g/mol. The smallest absolute Gasteiger partial charge is 0.261 e. The van der Waals surface area contributed by atoms with Gasteiger partial charge in [0.15, 0.2) is 0 Å². The van der Waals surface area contributed by atoms with E-state index < -0.39 is 15.9 Å². The molecule has 1 heterocycles. The van der Waals surface area contributed by atoms with Crippen LogP contribution in [0.2, 0.25) is 10.0 Å². The maximum Gasteiger partial charge on any atom is 0.261 e. The number of nitrogens with one attached hydrogen (secondary N) is 2. The van der Waals surface area contributed by atoms with Gasteiger partial charge in [0, 0.05) is 10.4 Å². The van der Waals surface area contributed by atoms with E-state index in [4.69, 9.17) is 27.9 Å². The molecule has 0 atom stereocenters. The van der Waals surface area contributed by atoms with Gasteiger partial charge in [0.05, 0.1) is 16.2 Å². The Kier molecular flexibility index (Phi) is 6.77. The molecule has 2 N–H and O–H groups in total. The molecule has 0 aliphatic rings. The topological polar surface area (TPSA) is 97.4 Å². The van der Waals surface area contributed by atoms with Crippen LogP contribution in [-0.2, 0) is 10.0 Å². The number of pyridine rings is 1. The maximum absolute atomic E-state index is 13.4. The van der Waals surface area contributed by atoms with Crippen LogP contribution in [0.3, 0.4) is 0 Å². The highest BCUT2D eigenvalue weighted by Gasteiger charge is 2.24. The lowest BCUT2D eigenvalue weighted by atomic mass is 10.1. The average molecular weight is 516 g/mol. The molecule has 0 aliphatic carbocycles. The first kappa shape index (κ1) is 24.0. The number of fused-ring (bicyclic) bond motifs is 1. The first-order valence-corrected chi connectivity index (χ1v) is 12.3. The molecule has 4 aromatic rings. The first-order chi connectivity index (χ1) is 16.2. The largest absolute Gasteiger partial charge is 0.438 e. The summed E-state index contributed by atoms with van der Waals surface area (Å²) in [4.78, 5) is 17.7. The number of aryl methyl sites for hydroxylation is 1. The lowest BCUT2D eigenvalue weighted by Gasteiger charge is -2.15. The molecule has 0 saturated heterocycles. The summed E-state index contributed by atoms with van der Waals surface area (Å²) in [5.74, 6) is -0.0844. The zero-order chi connectivity index (χ0) is 24.5. The van der Waals surface area contributed by atoms with E-state index in [1.807, 2.05) is 25.1 Å². The Balaban J connectivity index is 1.80. The van der Waals surface area contributed by atoms with Crippen LogP contribution in [0.25, 0.3) is 10.9 Å². The normalized spacial score (nSPS) is 11.4. The van der Waals surface area contributed by atoms with E-state index in [1.54, 1.807) is 36.4 Å². The van der Waals surface area contributed by atoms with E-state index in [9.17, 15) is 13.2 Å². The summed E-state index contributed by atoms with van der Waals surface area (Å²) < 4.78 is 33.3. The number of benzene rings is 3. The molecule has 0 radical (unpaired) electrons. The number of hydrogen-bond acceptors (Lipinski definition) is 5. The zero-order valence-electron chi connectivity index (χ0n) is 18.1. The van der Waals surface area contributed by atoms with Crippen LogP contribution >= 0.6 is 23.2 Å². The van der Waals surface area contributed by atoms with Crippen molar-refractivity contribution in [1.29, 1.82) is 0 Å². The molecule has 34 heavy (non-hydrogen) atoms. The van der Waals surface area contributed by atoms with Crippen molar-refractivity contribution in [1.82, 2.24) is 9.71 Å². The third-order valence-corrected chi connectivity index (χ3v) is 7.21. The fraction of sp³-hybridized carbons (Fsp3) is 0.0833. The number of rotatable bonds is 6. The van der Waals surface area contributed by atoms with Gasteiger partial charge in [-0.25, -0.2) is 18.1 Å². The van der Waals surface area contributed by atoms with E-state index in [0.29, 0.717) is 21.7 Å². The minimum absolute atomic E-state index is 0.0219. The number of sulfonamides is 1. The van der Waals surface area contributed by atoms with Gasteiger partial charge in [-0.05, 0) is 62.0 Å². The van der Waals surface area contributed by atoms with Gasteiger partial charge in [0.2, 0.25) is 15.9 Å². The molecule has 7 nitrogen and oxygen atoms in total. The molecule has 174 valence electrons. The van der Waals surface area contributed by atoms with Crippen molar-refractivity contribution >= 4 is 55.7 Å². The summed E-state index contributed by atoms with van der Waals surface area (Å²) in [6, 6.07) is 18.4. The number of carbonyl (C=O) groups excluding carboxylic acids is 1. The summed E-state index contributed by atoms with van der Waals surface area (Å²) in [7, 11) is -2.68. The van der Waals surface area contributed by atoms with E-state index in [2.05, 4.69) is 15.0 Å². The number of anilines is 1. The van der Waals surface area contributed by atoms with Crippen LogP contribution in [0.4, 0.5) is 5.69 Å². The minimum Gasteiger partial charge on any atom is -0.438 e. The summed E-state index contributed by atoms with van der Waals surface area (Å²) in [6.45, 7) is 1.82. The van der Waals surface area contributed by atoms with Gasteiger partial charge < -0.3 is 10.1 Å². The van der Waals surface area contributed by atoms with Gasteiger partial charge in [0.1, 0.15) is 16.2 Å². The summed E-state index contributed by atoms with van der Waals surface area (Å²) >= 11 is 12.2. The van der Waals surface area contributed by atoms with Crippen molar-refractivity contribution in [3.05, 3.63) is 87.9 Å². The third kappa shape index (κ3) is 4.85. The van der Waals surface area contributed by atoms with E-state index in [0.717, 1.165) is 5.56 Å². The molecule has 0 saturated carbocycles. The molecule has 1 amide bonds. The molecule has 0 aliphatic heterocycles. The van der Waals surface area contributed by atoms with E-state index in [1.165, 1.54) is 19.2 Å². The predicted molar refractivity (Wildman–Crippen MR) is 134 cm³/mol. The molecular formula is C24H19Cl2N3O4S. The van der Waals surface area contributed by atoms with Crippen LogP contribution in [0.1, 0.15) is 15.9 Å². The number of carbonyl (C=O) groups is 1. The minimum atomic E-state index is -3.95. The van der Waals surface area contributed by atoms with Gasteiger partial charge >= 0.3 is 0 Å². The van der Waals surface area contributed by atoms with Crippen LogP contribution in [-0.4, -0.2) is 26.4 Å². The van der Waals surface area contributed by atoms with Crippen LogP contribution in [0.15, 0.2) is 71.6 Å². The van der Waals surface area contributed by atoms with Crippen molar-refractivity contribution < 1.29 is 17.9 Å². The van der Waals surface area contributed by atoms with Crippen LogP contribution in [0, 0.1) is 6.92 Å². The molecule has 10 heteroatoms. The number of para-hydroxylation sites is 1. The lowest BCUT2D eigenvalue weighted by Crippen LogP contribution is -2.22. The number of hydrogen-bond donors (Lipinski definition) is 2. The lowest BCUT2D eigenvalue weighted by molar-refractivity contribution is 0.102. The standard InChI is InChI=1S/C24H19Cl2N3O4S/c1-14-12-16(25)10-11-21(14)33-24-17(13-15-6-3-4-8-19(15)29-24)23(30)28-20-9-5-7-18(26)22(20)34(31,32)27-2/h3-13,27H,1-2H3,(H,28,30). The van der Waals surface area contributed by atoms with E-state index >= 15 is 0 Å². The second-order valence-corrected chi connectivity index (χ2v) is 9.99. The van der Waals surface area contributed by atoms with Gasteiger partial charge in [-0.3, -0.25) is 4.79 Å². The molecule has 0 unspecified atom stereocenters. The Labute approximate surface area is 206 Å². The van der Waals surface area contributed by atoms with Gasteiger partial charge in [-0.1, -0.05) is 47.5 Å². The van der Waals surface area contributed by atoms with Crippen molar-refractivity contribution in [2.45, 2.75) is 11.8 Å².